The van der Waals surface area contributed by atoms with E-state index in [2.05, 4.69) is 0 Å². The zero-order valence-corrected chi connectivity index (χ0v) is 13.0. The van der Waals surface area contributed by atoms with E-state index in [1.807, 2.05) is 45.5 Å². The van der Waals surface area contributed by atoms with Crippen LogP contribution in [0.1, 0.15) is 41.0 Å². The molecule has 6 heteroatoms. The molecule has 2 aliphatic rings. The van der Waals surface area contributed by atoms with Gasteiger partial charge in [0.15, 0.2) is 0 Å². The third-order valence-electron chi connectivity index (χ3n) is 4.24. The van der Waals surface area contributed by atoms with Crippen LogP contribution in [0.4, 0.5) is 0 Å². The molecule has 0 amide bonds. The Balaban J connectivity index is 2.24. The van der Waals surface area contributed by atoms with E-state index < -0.39 is 18.5 Å². The molecule has 0 saturated carbocycles. The van der Waals surface area contributed by atoms with Crippen molar-refractivity contribution in [3.05, 3.63) is 23.5 Å². The lowest BCUT2D eigenvalue weighted by atomic mass is 9.90. The summed E-state index contributed by atoms with van der Waals surface area (Å²) in [6.07, 6.45) is 4.29. The number of nitrogens with zero attached hydrogens (tertiary/aromatic N) is 1. The number of hydrogen-bond acceptors (Lipinski definition) is 5. The van der Waals surface area contributed by atoms with Gasteiger partial charge in [-0.3, -0.25) is 0 Å². The van der Waals surface area contributed by atoms with Gasteiger partial charge >= 0.3 is 13.2 Å². The summed E-state index contributed by atoms with van der Waals surface area (Å²) in [5.41, 5.74) is 0.771. The second-order valence-corrected chi connectivity index (χ2v) is 6.17. The summed E-state index contributed by atoms with van der Waals surface area (Å²) in [7, 11) is 0.851. The first-order chi connectivity index (χ1) is 9.18. The third kappa shape index (κ3) is 2.50. The van der Waals surface area contributed by atoms with Crippen LogP contribution in [0.5, 0.6) is 0 Å². The number of methoxy groups -OCH3 is 1. The Kier molecular flexibility index (Phi) is 3.73. The summed E-state index contributed by atoms with van der Waals surface area (Å²) in [6.45, 7) is 9.97. The second-order valence-electron chi connectivity index (χ2n) is 6.17. The lowest BCUT2D eigenvalue weighted by molar-refractivity contribution is -0.136. The molecule has 0 spiro atoms. The number of hydrogen-bond donors (Lipinski definition) is 0. The van der Waals surface area contributed by atoms with Gasteiger partial charge in [-0.2, -0.15) is 0 Å². The summed E-state index contributed by atoms with van der Waals surface area (Å²) in [6, 6.07) is 0. The van der Waals surface area contributed by atoms with Gasteiger partial charge in [-0.15, -0.1) is 0 Å². The highest BCUT2D eigenvalue weighted by Crippen LogP contribution is 2.39. The molecule has 0 N–H and O–H groups in total. The molecule has 0 aromatic heterocycles. The normalized spacial score (nSPS) is 24.3. The topological polar surface area (TPSA) is 48.0 Å². The van der Waals surface area contributed by atoms with Crippen LogP contribution in [-0.2, 0) is 18.8 Å². The molecule has 0 radical (unpaired) electrons. The molecule has 0 aromatic rings. The van der Waals surface area contributed by atoms with Gasteiger partial charge in [0.2, 0.25) is 0 Å². The maximum Gasteiger partial charge on any atom is 0.598 e. The third-order valence-corrected chi connectivity index (χ3v) is 4.24. The van der Waals surface area contributed by atoms with Gasteiger partial charge in [0.25, 0.3) is 0 Å². The van der Waals surface area contributed by atoms with E-state index in [1.54, 1.807) is 6.20 Å². The molecule has 0 unspecified atom stereocenters. The standard InChI is InChI=1S/C14H22BNO4/c1-10-7-8-11(12(17)18-6)9-16(10)15-19-13(2,3)14(4,5)20-15/h7,9H,8H2,1-6H3. The van der Waals surface area contributed by atoms with Gasteiger partial charge in [0.1, 0.15) is 0 Å². The monoisotopic (exact) mass is 279 g/mol. The van der Waals surface area contributed by atoms with Crippen LogP contribution < -0.4 is 0 Å². The van der Waals surface area contributed by atoms with Crippen LogP contribution in [0.25, 0.3) is 0 Å². The average Bonchev–Trinajstić information content (AvgIpc) is 2.58. The maximum absolute atomic E-state index is 11.7. The zero-order chi connectivity index (χ0) is 15.1. The van der Waals surface area contributed by atoms with Crippen LogP contribution in [0.15, 0.2) is 23.5 Å². The molecular weight excluding hydrogens is 257 g/mol. The van der Waals surface area contributed by atoms with E-state index in [0.29, 0.717) is 12.0 Å². The van der Waals surface area contributed by atoms with E-state index in [0.717, 1.165) is 5.70 Å². The fourth-order valence-corrected chi connectivity index (χ4v) is 2.11. The molecule has 2 aliphatic heterocycles. The molecule has 5 nitrogen and oxygen atoms in total. The minimum Gasteiger partial charge on any atom is -0.466 e. The van der Waals surface area contributed by atoms with Gasteiger partial charge in [0, 0.05) is 18.3 Å². The molecule has 1 fully saturated rings. The first-order valence-corrected chi connectivity index (χ1v) is 6.78. The summed E-state index contributed by atoms with van der Waals surface area (Å²) >= 11 is 0. The summed E-state index contributed by atoms with van der Waals surface area (Å²) in [5, 5.41) is 0. The lowest BCUT2D eigenvalue weighted by Crippen LogP contribution is -2.41. The van der Waals surface area contributed by atoms with Crippen LogP contribution >= 0.6 is 0 Å². The summed E-state index contributed by atoms with van der Waals surface area (Å²) in [4.78, 5) is 13.5. The Labute approximate surface area is 120 Å². The molecule has 110 valence electrons. The molecule has 0 aliphatic carbocycles. The van der Waals surface area contributed by atoms with Crippen molar-refractivity contribution in [2.24, 2.45) is 0 Å². The number of esters is 1. The van der Waals surface area contributed by atoms with Gasteiger partial charge in [-0.25, -0.2) is 4.79 Å². The van der Waals surface area contributed by atoms with Gasteiger partial charge in [-0.1, -0.05) is 6.08 Å². The van der Waals surface area contributed by atoms with Gasteiger partial charge in [0.05, 0.1) is 23.9 Å². The SMILES string of the molecule is COC(=O)C1=CN(B2OC(C)(C)C(C)(C)O2)C(C)=CC1. The zero-order valence-electron chi connectivity index (χ0n) is 13.0. The highest BCUT2D eigenvalue weighted by molar-refractivity contribution is 6.43. The Morgan fingerprint density at radius 2 is 1.85 bits per heavy atom. The van der Waals surface area contributed by atoms with E-state index in [-0.39, 0.29) is 5.97 Å². The van der Waals surface area contributed by atoms with Crippen molar-refractivity contribution < 1.29 is 18.8 Å². The molecule has 0 bridgehead atoms. The molecule has 0 aromatic carbocycles. The van der Waals surface area contributed by atoms with Crippen molar-refractivity contribution in [3.8, 4) is 0 Å². The second kappa shape index (κ2) is 4.93. The van der Waals surface area contributed by atoms with Crippen molar-refractivity contribution >= 4 is 13.2 Å². The van der Waals surface area contributed by atoms with Crippen molar-refractivity contribution in [1.29, 1.82) is 0 Å². The Bertz CT molecular complexity index is 466. The predicted octanol–water partition coefficient (Wildman–Crippen LogP) is 2.24. The first-order valence-electron chi connectivity index (χ1n) is 6.78. The van der Waals surface area contributed by atoms with E-state index in [1.165, 1.54) is 7.11 Å². The largest absolute Gasteiger partial charge is 0.598 e. The van der Waals surface area contributed by atoms with Crippen LogP contribution in [0.2, 0.25) is 0 Å². The number of rotatable bonds is 2. The fourth-order valence-electron chi connectivity index (χ4n) is 2.11. The molecule has 2 heterocycles. The Morgan fingerprint density at radius 1 is 1.30 bits per heavy atom. The highest BCUT2D eigenvalue weighted by atomic mass is 16.7. The number of carbonyl (C=O) groups excluding carboxylic acids is 1. The molecular formula is C14H22BNO4. The van der Waals surface area contributed by atoms with E-state index >= 15 is 0 Å². The van der Waals surface area contributed by atoms with Crippen molar-refractivity contribution in [1.82, 2.24) is 4.81 Å². The van der Waals surface area contributed by atoms with Crippen molar-refractivity contribution in [3.63, 3.8) is 0 Å². The first kappa shape index (κ1) is 15.1. The highest BCUT2D eigenvalue weighted by Gasteiger charge is 2.54. The van der Waals surface area contributed by atoms with Gasteiger partial charge < -0.3 is 18.9 Å². The number of allylic oxidation sites excluding steroid dienone is 2. The van der Waals surface area contributed by atoms with Gasteiger partial charge in [-0.05, 0) is 34.6 Å². The number of ether oxygens (including phenoxy) is 1. The van der Waals surface area contributed by atoms with E-state index in [9.17, 15) is 4.79 Å². The van der Waals surface area contributed by atoms with E-state index in [4.69, 9.17) is 14.0 Å². The fraction of sp³-hybridized carbons (Fsp3) is 0.643. The quantitative estimate of drug-likeness (QED) is 0.573. The molecule has 2 rings (SSSR count). The Morgan fingerprint density at radius 3 is 2.35 bits per heavy atom. The molecule has 1 saturated heterocycles. The van der Waals surface area contributed by atoms with Crippen molar-refractivity contribution in [2.75, 3.05) is 7.11 Å². The Hall–Kier alpha value is -1.27. The predicted molar refractivity (Wildman–Crippen MR) is 76.4 cm³/mol. The van der Waals surface area contributed by atoms with Crippen LogP contribution in [0, 0.1) is 0 Å². The summed E-state index contributed by atoms with van der Waals surface area (Å²) in [5.74, 6) is -0.324. The van der Waals surface area contributed by atoms with Crippen LogP contribution in [0.3, 0.4) is 0 Å². The average molecular weight is 279 g/mol. The smallest absolute Gasteiger partial charge is 0.466 e. The number of carbonyl (C=O) groups is 1. The summed E-state index contributed by atoms with van der Waals surface area (Å²) < 4.78 is 16.8. The lowest BCUT2D eigenvalue weighted by Gasteiger charge is -2.32. The molecule has 0 atom stereocenters. The van der Waals surface area contributed by atoms with Crippen LogP contribution in [-0.4, -0.2) is 36.3 Å². The molecule has 20 heavy (non-hydrogen) atoms. The van der Waals surface area contributed by atoms with Crippen molar-refractivity contribution in [2.45, 2.75) is 52.2 Å². The maximum atomic E-state index is 11.7. The minimum atomic E-state index is -0.531. The minimum absolute atomic E-state index is 0.324.